The van der Waals surface area contributed by atoms with E-state index in [4.69, 9.17) is 28.0 Å². The van der Waals surface area contributed by atoms with E-state index in [1.807, 2.05) is 6.07 Å². The molecule has 1 aromatic rings. The molecular weight excluding hydrogens is 200 g/mol. The first-order valence-corrected chi connectivity index (χ1v) is 4.10. The molecule has 0 aromatic carbocycles. The number of nitrogens with one attached hydrogen (secondary N) is 1. The number of halogens is 1. The Morgan fingerprint density at radius 1 is 1.64 bits per heavy atom. The van der Waals surface area contributed by atoms with Crippen molar-refractivity contribution in [3.05, 3.63) is 34.7 Å². The molecule has 1 rings (SSSR count). The van der Waals surface area contributed by atoms with Crippen LogP contribution in [-0.2, 0) is 0 Å². The molecule has 0 amide bonds. The van der Waals surface area contributed by atoms with Gasteiger partial charge in [0.25, 0.3) is 0 Å². The van der Waals surface area contributed by atoms with Gasteiger partial charge in [-0.15, -0.1) is 0 Å². The van der Waals surface area contributed by atoms with E-state index in [-0.39, 0.29) is 10.8 Å². The molecule has 0 aliphatic carbocycles. The van der Waals surface area contributed by atoms with Crippen molar-refractivity contribution in [3.8, 4) is 6.07 Å². The van der Waals surface area contributed by atoms with Crippen LogP contribution in [0.5, 0.6) is 0 Å². The van der Waals surface area contributed by atoms with Gasteiger partial charge in [-0.25, -0.2) is 4.98 Å². The second-order valence-electron chi connectivity index (χ2n) is 2.41. The van der Waals surface area contributed by atoms with E-state index in [0.29, 0.717) is 11.1 Å². The molecule has 14 heavy (non-hydrogen) atoms. The third-order valence-corrected chi connectivity index (χ3v) is 1.90. The summed E-state index contributed by atoms with van der Waals surface area (Å²) < 4.78 is 0. The van der Waals surface area contributed by atoms with E-state index >= 15 is 0 Å². The minimum atomic E-state index is 0.171. The molecule has 0 atom stereocenters. The molecule has 70 valence electrons. The first kappa shape index (κ1) is 10.2. The monoisotopic (exact) mass is 206 g/mol. The van der Waals surface area contributed by atoms with Gasteiger partial charge in [-0.3, -0.25) is 0 Å². The molecular formula is C9H7ClN4. The molecule has 0 radical (unpaired) electrons. The van der Waals surface area contributed by atoms with Crippen LogP contribution in [0.4, 0.5) is 0 Å². The van der Waals surface area contributed by atoms with Gasteiger partial charge in [-0.2, -0.15) is 5.26 Å². The van der Waals surface area contributed by atoms with Gasteiger partial charge in [0.15, 0.2) is 0 Å². The van der Waals surface area contributed by atoms with Crippen LogP contribution >= 0.6 is 11.6 Å². The lowest BCUT2D eigenvalue weighted by atomic mass is 10.1. The van der Waals surface area contributed by atoms with E-state index in [1.54, 1.807) is 6.07 Å². The van der Waals surface area contributed by atoms with Crippen molar-refractivity contribution in [2.45, 2.75) is 0 Å². The lowest BCUT2D eigenvalue weighted by molar-refractivity contribution is 1.25. The number of hydrogen-bond donors (Lipinski definition) is 2. The largest absolute Gasteiger partial charge is 0.404 e. The van der Waals surface area contributed by atoms with Gasteiger partial charge in [0, 0.05) is 23.6 Å². The summed E-state index contributed by atoms with van der Waals surface area (Å²) in [7, 11) is 0. The number of aromatic nitrogens is 1. The van der Waals surface area contributed by atoms with Crippen LogP contribution < -0.4 is 5.73 Å². The van der Waals surface area contributed by atoms with Crippen LogP contribution in [0.2, 0.25) is 5.15 Å². The lowest BCUT2D eigenvalue weighted by Gasteiger charge is -2.02. The van der Waals surface area contributed by atoms with Crippen molar-refractivity contribution in [3.63, 3.8) is 0 Å². The maximum atomic E-state index is 8.55. The molecule has 0 saturated heterocycles. The highest BCUT2D eigenvalue weighted by atomic mass is 35.5. The summed E-state index contributed by atoms with van der Waals surface area (Å²) in [6.45, 7) is 0. The van der Waals surface area contributed by atoms with Gasteiger partial charge < -0.3 is 11.1 Å². The molecule has 1 aromatic heterocycles. The highest BCUT2D eigenvalue weighted by Gasteiger charge is 2.06. The van der Waals surface area contributed by atoms with E-state index in [2.05, 4.69) is 4.98 Å². The van der Waals surface area contributed by atoms with E-state index in [9.17, 15) is 0 Å². The molecule has 1 heterocycles. The Bertz CT molecular complexity index is 431. The average Bonchev–Trinajstić information content (AvgIpc) is 2.22. The normalized spacial score (nSPS) is 10.7. The van der Waals surface area contributed by atoms with Gasteiger partial charge in [0.05, 0.1) is 0 Å². The number of nitriles is 1. The highest BCUT2D eigenvalue weighted by Crippen LogP contribution is 2.20. The Morgan fingerprint density at radius 3 is 2.79 bits per heavy atom. The Kier molecular flexibility index (Phi) is 3.21. The Balaban J connectivity index is 3.26. The summed E-state index contributed by atoms with van der Waals surface area (Å²) in [5.41, 5.74) is 6.54. The second kappa shape index (κ2) is 4.40. The predicted octanol–water partition coefficient (Wildman–Crippen LogP) is 1.56. The fourth-order valence-corrected chi connectivity index (χ4v) is 1.19. The van der Waals surface area contributed by atoms with Crippen molar-refractivity contribution in [1.29, 1.82) is 10.7 Å². The lowest BCUT2D eigenvalue weighted by Crippen LogP contribution is -1.94. The fraction of sp³-hybridized carbons (Fsp3) is 0. The standard InChI is InChI=1S/C9H7ClN4/c10-9-8(6(3-11)4-12)2-1-7(5-13)14-9/h1-4,11H,12H2/b6-4+,11-3?. The summed E-state index contributed by atoms with van der Waals surface area (Å²) in [5.74, 6) is 0. The van der Waals surface area contributed by atoms with Crippen molar-refractivity contribution >= 4 is 23.4 Å². The predicted molar refractivity (Wildman–Crippen MR) is 54.9 cm³/mol. The molecule has 0 spiro atoms. The first-order chi connectivity index (χ1) is 6.72. The fourth-order valence-electron chi connectivity index (χ4n) is 0.928. The molecule has 0 bridgehead atoms. The smallest absolute Gasteiger partial charge is 0.142 e. The van der Waals surface area contributed by atoms with Crippen molar-refractivity contribution in [2.75, 3.05) is 0 Å². The van der Waals surface area contributed by atoms with Crippen LogP contribution in [0, 0.1) is 16.7 Å². The summed E-state index contributed by atoms with van der Waals surface area (Å²) >= 11 is 5.80. The number of allylic oxidation sites excluding steroid dienone is 1. The third-order valence-electron chi connectivity index (χ3n) is 1.61. The van der Waals surface area contributed by atoms with Gasteiger partial charge >= 0.3 is 0 Å². The zero-order valence-electron chi connectivity index (χ0n) is 7.16. The molecule has 0 aliphatic rings. The summed E-state index contributed by atoms with van der Waals surface area (Å²) in [5, 5.41) is 15.8. The number of pyridine rings is 1. The van der Waals surface area contributed by atoms with E-state index < -0.39 is 0 Å². The van der Waals surface area contributed by atoms with Crippen LogP contribution in [0.1, 0.15) is 11.3 Å². The van der Waals surface area contributed by atoms with Gasteiger partial charge in [0.2, 0.25) is 0 Å². The second-order valence-corrected chi connectivity index (χ2v) is 2.77. The molecule has 3 N–H and O–H groups in total. The SMILES string of the molecule is N#Cc1ccc(/C(C=N)=C/N)c(Cl)n1. The Hall–Kier alpha value is -1.86. The minimum Gasteiger partial charge on any atom is -0.404 e. The van der Waals surface area contributed by atoms with Crippen molar-refractivity contribution < 1.29 is 0 Å². The van der Waals surface area contributed by atoms with Gasteiger partial charge in [-0.05, 0) is 12.1 Å². The first-order valence-electron chi connectivity index (χ1n) is 3.72. The summed E-state index contributed by atoms with van der Waals surface area (Å²) in [6.07, 6.45) is 2.34. The molecule has 0 saturated carbocycles. The van der Waals surface area contributed by atoms with Crippen molar-refractivity contribution in [1.82, 2.24) is 4.98 Å². The third kappa shape index (κ3) is 1.90. The van der Waals surface area contributed by atoms with Crippen LogP contribution in [0.3, 0.4) is 0 Å². The quantitative estimate of drug-likeness (QED) is 0.569. The van der Waals surface area contributed by atoms with E-state index in [0.717, 1.165) is 6.21 Å². The van der Waals surface area contributed by atoms with Crippen LogP contribution in [-0.4, -0.2) is 11.2 Å². The zero-order valence-corrected chi connectivity index (χ0v) is 7.92. The van der Waals surface area contributed by atoms with E-state index in [1.165, 1.54) is 12.3 Å². The number of rotatable bonds is 2. The molecule has 0 aliphatic heterocycles. The maximum absolute atomic E-state index is 8.55. The molecule has 5 heteroatoms. The van der Waals surface area contributed by atoms with Crippen molar-refractivity contribution in [2.24, 2.45) is 5.73 Å². The molecule has 0 unspecified atom stereocenters. The summed E-state index contributed by atoms with van der Waals surface area (Å²) in [4.78, 5) is 3.81. The molecule has 4 nitrogen and oxygen atoms in total. The maximum Gasteiger partial charge on any atom is 0.142 e. The van der Waals surface area contributed by atoms with Crippen LogP contribution in [0.15, 0.2) is 18.3 Å². The topological polar surface area (TPSA) is 86.5 Å². The zero-order chi connectivity index (χ0) is 10.6. The van der Waals surface area contributed by atoms with Gasteiger partial charge in [0.1, 0.15) is 16.9 Å². The minimum absolute atomic E-state index is 0.171. The average molecular weight is 207 g/mol. The number of nitrogens with two attached hydrogens (primary N) is 1. The summed E-state index contributed by atoms with van der Waals surface area (Å²) in [6, 6.07) is 5.00. The Morgan fingerprint density at radius 2 is 2.36 bits per heavy atom. The molecule has 0 fully saturated rings. The number of hydrogen-bond acceptors (Lipinski definition) is 4. The number of nitrogens with zero attached hydrogens (tertiary/aromatic N) is 2. The Labute approximate surface area is 86.1 Å². The highest BCUT2D eigenvalue weighted by molar-refractivity contribution is 6.32. The van der Waals surface area contributed by atoms with Gasteiger partial charge in [-0.1, -0.05) is 11.6 Å². The van der Waals surface area contributed by atoms with Crippen LogP contribution in [0.25, 0.3) is 5.57 Å².